The molecule has 0 spiro atoms. The molecule has 1 aromatic carbocycles. The van der Waals surface area contributed by atoms with Gasteiger partial charge in [0.1, 0.15) is 5.78 Å². The standard InChI is InChI=1S/C19H25N3O/c1-18-9-21-11-19(2,17(18)23)12-22(10-18)16(21)14-8-20(3)15-7-5-4-6-13(14)15/h4-7,14,16H,8-12H2,1-3H3/t14-,16?,18?,19?/m1/s1. The fourth-order valence-electron chi connectivity index (χ4n) is 6.03. The number of anilines is 1. The average Bonchev–Trinajstić information content (AvgIpc) is 2.81. The number of ketones is 1. The maximum Gasteiger partial charge on any atom is 0.149 e. The number of likely N-dealkylation sites (N-methyl/N-ethyl adjacent to an activating group) is 1. The highest BCUT2D eigenvalue weighted by atomic mass is 16.1. The van der Waals surface area contributed by atoms with Gasteiger partial charge in [0.05, 0.1) is 17.0 Å². The lowest BCUT2D eigenvalue weighted by Crippen LogP contribution is -2.79. The van der Waals surface area contributed by atoms with E-state index in [4.69, 9.17) is 0 Å². The first kappa shape index (κ1) is 14.0. The molecule has 1 aromatic rings. The summed E-state index contributed by atoms with van der Waals surface area (Å²) in [5.74, 6) is 1.03. The number of piperidine rings is 2. The second kappa shape index (κ2) is 4.17. The number of benzene rings is 1. The van der Waals surface area contributed by atoms with Crippen molar-refractivity contribution in [3.63, 3.8) is 0 Å². The van der Waals surface area contributed by atoms with Crippen LogP contribution < -0.4 is 4.90 Å². The van der Waals surface area contributed by atoms with E-state index >= 15 is 0 Å². The van der Waals surface area contributed by atoms with Crippen LogP contribution in [-0.4, -0.2) is 61.5 Å². The van der Waals surface area contributed by atoms with E-state index in [-0.39, 0.29) is 10.8 Å². The molecule has 1 atom stereocenters. The second-order valence-corrected chi connectivity index (χ2v) is 8.72. The normalized spacial score (nSPS) is 47.3. The predicted molar refractivity (Wildman–Crippen MR) is 90.6 cm³/mol. The summed E-state index contributed by atoms with van der Waals surface area (Å²) < 4.78 is 0. The van der Waals surface area contributed by atoms with E-state index in [2.05, 4.69) is 59.9 Å². The number of carbonyl (C=O) groups excluding carboxylic acids is 1. The molecule has 4 bridgehead atoms. The summed E-state index contributed by atoms with van der Waals surface area (Å²) in [6.07, 6.45) is 0.454. The van der Waals surface area contributed by atoms with Gasteiger partial charge in [-0.15, -0.1) is 0 Å². The van der Waals surface area contributed by atoms with Gasteiger partial charge in [-0.25, -0.2) is 0 Å². The largest absolute Gasteiger partial charge is 0.374 e. The Balaban J connectivity index is 1.54. The Kier molecular flexibility index (Phi) is 2.54. The SMILES string of the molecule is CN1C[C@@H](C2N3CC4(C)CN2CC(C)(C3)C4=O)c2ccccc21. The summed E-state index contributed by atoms with van der Waals surface area (Å²) in [7, 11) is 2.20. The van der Waals surface area contributed by atoms with Crippen LogP contribution >= 0.6 is 0 Å². The fourth-order valence-corrected chi connectivity index (χ4v) is 6.03. The Hall–Kier alpha value is -1.39. The third kappa shape index (κ3) is 1.66. The number of rotatable bonds is 1. The number of fused-ring (bicyclic) bond motifs is 1. The Morgan fingerprint density at radius 2 is 1.57 bits per heavy atom. The fraction of sp³-hybridized carbons (Fsp3) is 0.632. The van der Waals surface area contributed by atoms with Crippen LogP contribution in [0.15, 0.2) is 24.3 Å². The Labute approximate surface area is 138 Å². The summed E-state index contributed by atoms with van der Waals surface area (Å²) in [5.41, 5.74) is 2.54. The number of Topliss-reactive ketones (excluding diaryl/α,β-unsaturated/α-hetero) is 1. The summed E-state index contributed by atoms with van der Waals surface area (Å²) in [4.78, 5) is 20.4. The smallest absolute Gasteiger partial charge is 0.149 e. The quantitative estimate of drug-likeness (QED) is 0.790. The maximum atomic E-state index is 12.8. The predicted octanol–water partition coefficient (Wildman–Crippen LogP) is 1.77. The molecule has 0 unspecified atom stereocenters. The van der Waals surface area contributed by atoms with Crippen molar-refractivity contribution in [2.75, 3.05) is 44.7 Å². The molecule has 4 saturated heterocycles. The van der Waals surface area contributed by atoms with Crippen molar-refractivity contribution in [2.24, 2.45) is 10.8 Å². The van der Waals surface area contributed by atoms with Crippen molar-refractivity contribution >= 4 is 11.5 Å². The molecule has 122 valence electrons. The number of para-hydroxylation sites is 1. The molecule has 0 N–H and O–H groups in total. The van der Waals surface area contributed by atoms with Crippen LogP contribution in [0.25, 0.3) is 0 Å². The summed E-state index contributed by atoms with van der Waals surface area (Å²) in [6.45, 7) is 9.18. The van der Waals surface area contributed by atoms with Gasteiger partial charge in [-0.05, 0) is 11.6 Å². The zero-order valence-electron chi connectivity index (χ0n) is 14.2. The van der Waals surface area contributed by atoms with E-state index in [1.165, 1.54) is 11.3 Å². The minimum atomic E-state index is -0.161. The number of hydrogen-bond acceptors (Lipinski definition) is 4. The first-order valence-corrected chi connectivity index (χ1v) is 8.74. The van der Waals surface area contributed by atoms with Crippen molar-refractivity contribution in [1.82, 2.24) is 9.80 Å². The van der Waals surface area contributed by atoms with Gasteiger partial charge in [-0.2, -0.15) is 0 Å². The lowest BCUT2D eigenvalue weighted by Gasteiger charge is -2.65. The Morgan fingerprint density at radius 1 is 1.00 bits per heavy atom. The van der Waals surface area contributed by atoms with E-state index in [0.29, 0.717) is 17.9 Å². The van der Waals surface area contributed by atoms with Crippen LogP contribution in [0.1, 0.15) is 25.3 Å². The maximum absolute atomic E-state index is 12.8. The second-order valence-electron chi connectivity index (χ2n) is 8.72. The highest BCUT2D eigenvalue weighted by Gasteiger charge is 2.63. The molecule has 5 aliphatic rings. The average molecular weight is 311 g/mol. The molecule has 0 aliphatic carbocycles. The third-order valence-electron chi connectivity index (χ3n) is 6.63. The van der Waals surface area contributed by atoms with E-state index in [1.54, 1.807) is 0 Å². The lowest BCUT2D eigenvalue weighted by molar-refractivity contribution is -0.198. The number of hydrogen-bond donors (Lipinski definition) is 0. The van der Waals surface area contributed by atoms with E-state index in [1.807, 2.05) is 0 Å². The van der Waals surface area contributed by atoms with E-state index in [9.17, 15) is 4.79 Å². The van der Waals surface area contributed by atoms with Gasteiger partial charge in [-0.3, -0.25) is 14.6 Å². The van der Waals surface area contributed by atoms with Crippen molar-refractivity contribution in [3.05, 3.63) is 29.8 Å². The number of carbonyl (C=O) groups is 1. The molecule has 4 fully saturated rings. The highest BCUT2D eigenvalue weighted by Crippen LogP contribution is 2.52. The molecular formula is C19H25N3O. The molecule has 0 radical (unpaired) electrons. The molecule has 0 aromatic heterocycles. The van der Waals surface area contributed by atoms with Gasteiger partial charge in [-0.1, -0.05) is 32.0 Å². The van der Waals surface area contributed by atoms with Crippen LogP contribution in [0.5, 0.6) is 0 Å². The van der Waals surface area contributed by atoms with Crippen LogP contribution in [0, 0.1) is 10.8 Å². The van der Waals surface area contributed by atoms with E-state index < -0.39 is 0 Å². The van der Waals surface area contributed by atoms with Gasteiger partial charge in [0.2, 0.25) is 0 Å². The molecule has 4 nitrogen and oxygen atoms in total. The van der Waals surface area contributed by atoms with Gasteiger partial charge in [0.25, 0.3) is 0 Å². The first-order valence-electron chi connectivity index (χ1n) is 8.74. The van der Waals surface area contributed by atoms with Crippen LogP contribution in [-0.2, 0) is 4.79 Å². The molecule has 6 rings (SSSR count). The zero-order valence-corrected chi connectivity index (χ0v) is 14.2. The van der Waals surface area contributed by atoms with Gasteiger partial charge < -0.3 is 4.90 Å². The molecule has 0 saturated carbocycles. The Morgan fingerprint density at radius 3 is 2.17 bits per heavy atom. The monoisotopic (exact) mass is 311 g/mol. The van der Waals surface area contributed by atoms with Crippen molar-refractivity contribution < 1.29 is 4.79 Å². The van der Waals surface area contributed by atoms with Crippen molar-refractivity contribution in [3.8, 4) is 0 Å². The van der Waals surface area contributed by atoms with Crippen LogP contribution in [0.2, 0.25) is 0 Å². The van der Waals surface area contributed by atoms with Crippen LogP contribution in [0.4, 0.5) is 5.69 Å². The minimum Gasteiger partial charge on any atom is -0.374 e. The zero-order chi connectivity index (χ0) is 16.0. The molecule has 4 heteroatoms. The van der Waals surface area contributed by atoms with Gasteiger partial charge in [0, 0.05) is 51.4 Å². The summed E-state index contributed by atoms with van der Waals surface area (Å²) >= 11 is 0. The third-order valence-corrected chi connectivity index (χ3v) is 6.63. The van der Waals surface area contributed by atoms with Crippen molar-refractivity contribution in [2.45, 2.75) is 25.9 Å². The topological polar surface area (TPSA) is 26.8 Å². The summed E-state index contributed by atoms with van der Waals surface area (Å²) in [5, 5.41) is 0. The number of nitrogens with zero attached hydrogens (tertiary/aromatic N) is 3. The molecular weight excluding hydrogens is 286 g/mol. The lowest BCUT2D eigenvalue weighted by atomic mass is 9.61. The molecule has 23 heavy (non-hydrogen) atoms. The molecule has 5 aliphatic heterocycles. The van der Waals surface area contributed by atoms with Gasteiger partial charge in [0.15, 0.2) is 0 Å². The minimum absolute atomic E-state index is 0.161. The van der Waals surface area contributed by atoms with Gasteiger partial charge >= 0.3 is 0 Å². The molecule has 0 amide bonds. The van der Waals surface area contributed by atoms with Crippen molar-refractivity contribution in [1.29, 1.82) is 0 Å². The highest BCUT2D eigenvalue weighted by molar-refractivity contribution is 5.92. The summed E-state index contributed by atoms with van der Waals surface area (Å²) in [6, 6.07) is 8.83. The van der Waals surface area contributed by atoms with E-state index in [0.717, 1.165) is 32.7 Å². The van der Waals surface area contributed by atoms with Crippen LogP contribution in [0.3, 0.4) is 0 Å². The first-order chi connectivity index (χ1) is 10.9. The molecule has 5 heterocycles. The Bertz CT molecular complexity index is 660.